The van der Waals surface area contributed by atoms with Gasteiger partial charge in [0.1, 0.15) is 24.4 Å². The molecule has 8 nitrogen and oxygen atoms in total. The fraction of sp³-hybridized carbons (Fsp3) is 0.429. The van der Waals surface area contributed by atoms with Gasteiger partial charge >= 0.3 is 0 Å². The van der Waals surface area contributed by atoms with Gasteiger partial charge in [-0.25, -0.2) is 0 Å². The van der Waals surface area contributed by atoms with Gasteiger partial charge in [-0.3, -0.25) is 5.43 Å². The van der Waals surface area contributed by atoms with Crippen molar-refractivity contribution in [2.45, 2.75) is 69.9 Å². The first-order valence-corrected chi connectivity index (χ1v) is 15.0. The highest BCUT2D eigenvalue weighted by Crippen LogP contribution is 2.42. The Kier molecular flexibility index (Phi) is 8.28. The number of ether oxygens (including phenoxy) is 3. The number of nitriles is 1. The van der Waals surface area contributed by atoms with E-state index >= 15 is 0 Å². The molecule has 0 aliphatic carbocycles. The zero-order chi connectivity index (χ0) is 27.6. The van der Waals surface area contributed by atoms with Crippen LogP contribution >= 0.6 is 12.2 Å². The highest BCUT2D eigenvalue weighted by molar-refractivity contribution is 7.80. The zero-order valence-corrected chi connectivity index (χ0v) is 24.2. The molecule has 0 saturated carbocycles. The summed E-state index contributed by atoms with van der Waals surface area (Å²) in [6.45, 7) is 10.7. The topological polar surface area (TPSA) is 111 Å². The Morgan fingerprint density at radius 2 is 1.63 bits per heavy atom. The largest absolute Gasteiger partial charge is 0.405 e. The van der Waals surface area contributed by atoms with Crippen LogP contribution in [0.1, 0.15) is 34.6 Å². The lowest BCUT2D eigenvalue weighted by Gasteiger charge is -2.43. The van der Waals surface area contributed by atoms with Crippen LogP contribution in [0.4, 0.5) is 0 Å². The van der Waals surface area contributed by atoms with Crippen molar-refractivity contribution in [3.63, 3.8) is 0 Å². The van der Waals surface area contributed by atoms with Gasteiger partial charge in [0.15, 0.2) is 10.9 Å². The number of hydrazine groups is 1. The summed E-state index contributed by atoms with van der Waals surface area (Å²) in [5, 5.41) is 12.1. The Bertz CT molecular complexity index is 1160. The summed E-state index contributed by atoms with van der Waals surface area (Å²) in [5.41, 5.74) is 11.2. The monoisotopic (exact) mass is 552 g/mol. The number of nitrogens with zero attached hydrogens (tertiary/aromatic N) is 1. The molecule has 2 aromatic carbocycles. The molecule has 4 atom stereocenters. The van der Waals surface area contributed by atoms with E-state index in [0.717, 1.165) is 0 Å². The van der Waals surface area contributed by atoms with Gasteiger partial charge < -0.3 is 29.8 Å². The summed E-state index contributed by atoms with van der Waals surface area (Å²) < 4.78 is 26.1. The van der Waals surface area contributed by atoms with Crippen molar-refractivity contribution in [2.24, 2.45) is 5.73 Å². The summed E-state index contributed by atoms with van der Waals surface area (Å²) in [5.74, 6) is -0.821. The van der Waals surface area contributed by atoms with Gasteiger partial charge in [-0.2, -0.15) is 5.26 Å². The van der Waals surface area contributed by atoms with E-state index in [0.29, 0.717) is 5.57 Å². The van der Waals surface area contributed by atoms with E-state index in [1.807, 2.05) is 26.0 Å². The first kappa shape index (κ1) is 28.2. The van der Waals surface area contributed by atoms with Crippen LogP contribution in [-0.4, -0.2) is 50.2 Å². The van der Waals surface area contributed by atoms with Crippen LogP contribution in [-0.2, 0) is 18.6 Å². The molecule has 10 heteroatoms. The van der Waals surface area contributed by atoms with Crippen LogP contribution < -0.4 is 27.0 Å². The molecular formula is C28H36N4O4SSi. The molecular weight excluding hydrogens is 516 g/mol. The van der Waals surface area contributed by atoms with Crippen LogP contribution in [0.2, 0.25) is 5.04 Å². The third kappa shape index (κ3) is 5.64. The van der Waals surface area contributed by atoms with E-state index < -0.39 is 38.5 Å². The summed E-state index contributed by atoms with van der Waals surface area (Å²) in [6, 6.07) is 23.1. The first-order valence-electron chi connectivity index (χ1n) is 12.7. The Balaban J connectivity index is 1.68. The Hall–Kier alpha value is -2.78. The number of benzene rings is 2. The lowest BCUT2D eigenvalue weighted by Crippen LogP contribution is -2.67. The molecule has 2 aromatic rings. The molecule has 4 rings (SSSR count). The van der Waals surface area contributed by atoms with E-state index in [1.165, 1.54) is 16.6 Å². The highest BCUT2D eigenvalue weighted by Gasteiger charge is 2.58. The van der Waals surface area contributed by atoms with Crippen molar-refractivity contribution in [1.29, 1.82) is 5.26 Å². The minimum absolute atomic E-state index is 0.0573. The molecule has 0 bridgehead atoms. The summed E-state index contributed by atoms with van der Waals surface area (Å²) in [7, 11) is -2.79. The van der Waals surface area contributed by atoms with E-state index in [9.17, 15) is 5.26 Å². The van der Waals surface area contributed by atoms with Crippen LogP contribution in [0.15, 0.2) is 72.4 Å². The van der Waals surface area contributed by atoms with E-state index in [4.69, 9.17) is 36.6 Å². The molecule has 2 heterocycles. The lowest BCUT2D eigenvalue weighted by molar-refractivity contribution is -0.185. The van der Waals surface area contributed by atoms with Crippen LogP contribution in [0, 0.1) is 11.3 Å². The molecule has 2 fully saturated rings. The number of nitrogens with two attached hydrogens (primary N) is 1. The van der Waals surface area contributed by atoms with Gasteiger partial charge in [0.25, 0.3) is 8.32 Å². The van der Waals surface area contributed by atoms with Crippen molar-refractivity contribution in [2.75, 3.05) is 6.61 Å². The maximum atomic E-state index is 9.90. The molecule has 38 heavy (non-hydrogen) atoms. The molecule has 0 radical (unpaired) electrons. The normalized spacial score (nSPS) is 24.9. The van der Waals surface area contributed by atoms with Gasteiger partial charge in [0.05, 0.1) is 18.2 Å². The van der Waals surface area contributed by atoms with Crippen molar-refractivity contribution in [3.8, 4) is 6.07 Å². The maximum absolute atomic E-state index is 9.90. The molecule has 4 N–H and O–H groups in total. The van der Waals surface area contributed by atoms with Crippen molar-refractivity contribution >= 4 is 36.0 Å². The second-order valence-electron chi connectivity index (χ2n) is 11.0. The molecule has 202 valence electrons. The molecule has 0 amide bonds. The number of thiocarbonyl (C=S) groups is 1. The van der Waals surface area contributed by atoms with Gasteiger partial charge in [-0.15, -0.1) is 0 Å². The molecule has 2 aliphatic heterocycles. The lowest BCUT2D eigenvalue weighted by atomic mass is 10.0. The average Bonchev–Trinajstić information content (AvgIpc) is 3.35. The Morgan fingerprint density at radius 3 is 2.13 bits per heavy atom. The van der Waals surface area contributed by atoms with Crippen molar-refractivity contribution in [3.05, 3.63) is 72.4 Å². The number of fused-ring (bicyclic) bond motifs is 1. The van der Waals surface area contributed by atoms with Crippen LogP contribution in [0.3, 0.4) is 0 Å². The number of hydrogen-bond donors (Lipinski definition) is 3. The second kappa shape index (κ2) is 11.1. The average molecular weight is 553 g/mol. The third-order valence-electron chi connectivity index (χ3n) is 6.89. The fourth-order valence-electron chi connectivity index (χ4n) is 5.40. The van der Waals surface area contributed by atoms with Gasteiger partial charge in [0, 0.05) is 6.20 Å². The van der Waals surface area contributed by atoms with E-state index in [1.54, 1.807) is 0 Å². The highest BCUT2D eigenvalue weighted by atomic mass is 32.1. The number of nitrogens with one attached hydrogen (secondary N) is 2. The molecule has 2 saturated heterocycles. The summed E-state index contributed by atoms with van der Waals surface area (Å²) in [6.07, 6.45) is -0.501. The van der Waals surface area contributed by atoms with Gasteiger partial charge in [-0.05, 0) is 41.5 Å². The van der Waals surface area contributed by atoms with Gasteiger partial charge in [0.2, 0.25) is 0 Å². The molecule has 0 aromatic heterocycles. The standard InChI is InChI=1S/C28H36N4O4SSi/c1-27(2,3)38(20-12-8-6-9-13-20,21-14-10-7-11-15-21)33-18-22-24-25(36-28(4,5)35-24)23(34-22)19(16-29)17-31-32-26(30)37/h6-15,17,22-25,31H,18H2,1-5H3,(H3,30,32,37)/b19-17+/t22-,23?,24-,25+/m1/s1. The van der Waals surface area contributed by atoms with E-state index in [-0.39, 0.29) is 16.8 Å². The second-order valence-corrected chi connectivity index (χ2v) is 15.7. The van der Waals surface area contributed by atoms with Gasteiger partial charge in [-0.1, -0.05) is 81.4 Å². The number of hydrogen-bond acceptors (Lipinski definition) is 7. The fourth-order valence-corrected chi connectivity index (χ4v) is 10.0. The van der Waals surface area contributed by atoms with E-state index in [2.05, 4.69) is 86.2 Å². The zero-order valence-electron chi connectivity index (χ0n) is 22.4. The van der Waals surface area contributed by atoms with Crippen molar-refractivity contribution < 1.29 is 18.6 Å². The number of rotatable bonds is 8. The van der Waals surface area contributed by atoms with Crippen LogP contribution in [0.5, 0.6) is 0 Å². The van der Waals surface area contributed by atoms with Crippen LogP contribution in [0.25, 0.3) is 0 Å². The minimum Gasteiger partial charge on any atom is -0.405 e. The molecule has 0 spiro atoms. The smallest absolute Gasteiger partial charge is 0.261 e. The first-order chi connectivity index (χ1) is 18.0. The van der Waals surface area contributed by atoms with Crippen molar-refractivity contribution in [1.82, 2.24) is 10.9 Å². The quantitative estimate of drug-likeness (QED) is 0.197. The SMILES string of the molecule is CC1(C)O[C@@H]2[C@@H](CO[Si](c3ccccc3)(c3ccccc3)C(C)(C)C)OC(/C(C#N)=C/NNC(N)=S)[C@@H]2O1. The Labute approximate surface area is 231 Å². The molecule has 2 aliphatic rings. The minimum atomic E-state index is -2.79. The third-order valence-corrected chi connectivity index (χ3v) is 12.0. The maximum Gasteiger partial charge on any atom is 0.261 e. The molecule has 1 unspecified atom stereocenters. The summed E-state index contributed by atoms with van der Waals surface area (Å²) >= 11 is 4.83. The predicted molar refractivity (Wildman–Crippen MR) is 153 cm³/mol. The predicted octanol–water partition coefficient (Wildman–Crippen LogP) is 2.60. The summed E-state index contributed by atoms with van der Waals surface area (Å²) in [4.78, 5) is 0. The Morgan fingerprint density at radius 1 is 1.08 bits per heavy atom.